The largest absolute Gasteiger partial charge is 0.444 e. The van der Waals surface area contributed by atoms with E-state index in [2.05, 4.69) is 14.9 Å². The topological polar surface area (TPSA) is 113 Å². The van der Waals surface area contributed by atoms with Gasteiger partial charge in [0.15, 0.2) is 0 Å². The number of hydrogen-bond donors (Lipinski definition) is 2. The number of nitrogens with zero attached hydrogens (tertiary/aromatic N) is 5. The van der Waals surface area contributed by atoms with Crippen molar-refractivity contribution in [1.29, 1.82) is 0 Å². The molecule has 3 aliphatic rings. The Morgan fingerprint density at radius 1 is 1.09 bits per heavy atom. The Morgan fingerprint density at radius 3 is 2.39 bits per heavy atom. The van der Waals surface area contributed by atoms with E-state index in [1.54, 1.807) is 15.9 Å². The molecule has 10 heteroatoms. The average Bonchev–Trinajstić information content (AvgIpc) is 2.74. The molecule has 33 heavy (non-hydrogen) atoms. The van der Waals surface area contributed by atoms with E-state index in [9.17, 15) is 4.79 Å². The van der Waals surface area contributed by atoms with E-state index in [1.807, 2.05) is 26.8 Å². The number of ether oxygens (including phenoxy) is 1. The number of piperazine rings is 1. The van der Waals surface area contributed by atoms with Crippen LogP contribution in [0, 0.1) is 5.82 Å². The number of carbonyl (C=O) groups is 1. The quantitative estimate of drug-likeness (QED) is 0.703. The first-order valence-corrected chi connectivity index (χ1v) is 11.6. The van der Waals surface area contributed by atoms with E-state index in [4.69, 9.17) is 16.2 Å². The predicted octanol–water partition coefficient (Wildman–Crippen LogP) is 2.99. The van der Waals surface area contributed by atoms with Crippen LogP contribution in [0.1, 0.15) is 52.9 Å². The zero-order valence-corrected chi connectivity index (χ0v) is 19.7. The van der Waals surface area contributed by atoms with Gasteiger partial charge in [-0.05, 0) is 58.6 Å². The third-order valence-corrected chi connectivity index (χ3v) is 6.31. The molecular formula is C23H34FN7O2. The first-order valence-electron chi connectivity index (χ1n) is 11.6. The van der Waals surface area contributed by atoms with E-state index in [-0.39, 0.29) is 23.8 Å². The molecule has 2 fully saturated rings. The van der Waals surface area contributed by atoms with Crippen molar-refractivity contribution in [3.8, 4) is 0 Å². The molecule has 0 bridgehead atoms. The Bertz CT molecular complexity index is 958. The number of anilines is 2. The molecule has 1 spiro atoms. The fourth-order valence-corrected chi connectivity index (χ4v) is 4.88. The zero-order valence-electron chi connectivity index (χ0n) is 19.7. The molecule has 1 saturated carbocycles. The van der Waals surface area contributed by atoms with Crippen molar-refractivity contribution in [2.75, 3.05) is 36.0 Å². The maximum atomic E-state index is 15.4. The van der Waals surface area contributed by atoms with Gasteiger partial charge in [0.05, 0.1) is 5.69 Å². The number of carbonyl (C=O) groups excluding carboxylic acids is 1. The highest BCUT2D eigenvalue weighted by atomic mass is 19.1. The van der Waals surface area contributed by atoms with Crippen LogP contribution < -0.4 is 21.3 Å². The average molecular weight is 460 g/mol. The number of halogens is 1. The summed E-state index contributed by atoms with van der Waals surface area (Å²) in [5, 5.41) is 0. The molecule has 0 unspecified atom stereocenters. The lowest BCUT2D eigenvalue weighted by molar-refractivity contribution is 0.0240. The van der Waals surface area contributed by atoms with Crippen LogP contribution >= 0.6 is 0 Å². The van der Waals surface area contributed by atoms with Crippen molar-refractivity contribution in [2.24, 2.45) is 21.5 Å². The summed E-state index contributed by atoms with van der Waals surface area (Å²) in [6, 6.07) is 5.01. The number of benzene rings is 1. The second-order valence-corrected chi connectivity index (χ2v) is 9.88. The SMILES string of the molecule is CC(C)(C)OC(=O)N1CCN(c2cccc(F)c2N2C(N)=NC(N)=NC23CCCCC3)CC1. The van der Waals surface area contributed by atoms with Crippen LogP contribution in [-0.4, -0.2) is 60.4 Å². The first kappa shape index (κ1) is 23.1. The summed E-state index contributed by atoms with van der Waals surface area (Å²) in [6.07, 6.45) is 4.13. The van der Waals surface area contributed by atoms with E-state index in [1.165, 1.54) is 6.07 Å². The van der Waals surface area contributed by atoms with Gasteiger partial charge in [0.25, 0.3) is 0 Å². The maximum absolute atomic E-state index is 15.4. The number of aliphatic imine (C=N–C) groups is 2. The molecule has 0 aromatic heterocycles. The Balaban J connectivity index is 1.62. The summed E-state index contributed by atoms with van der Waals surface area (Å²) in [5.41, 5.74) is 12.1. The Morgan fingerprint density at radius 2 is 1.76 bits per heavy atom. The lowest BCUT2D eigenvalue weighted by atomic mass is 9.87. The number of guanidine groups is 2. The van der Waals surface area contributed by atoms with Crippen molar-refractivity contribution in [3.05, 3.63) is 24.0 Å². The minimum absolute atomic E-state index is 0.134. The second-order valence-electron chi connectivity index (χ2n) is 9.88. The minimum atomic E-state index is -0.733. The highest BCUT2D eigenvalue weighted by molar-refractivity contribution is 6.07. The van der Waals surface area contributed by atoms with Crippen molar-refractivity contribution >= 4 is 29.4 Å². The van der Waals surface area contributed by atoms with Gasteiger partial charge in [0.2, 0.25) is 11.9 Å². The monoisotopic (exact) mass is 459 g/mol. The van der Waals surface area contributed by atoms with Gasteiger partial charge in [-0.2, -0.15) is 4.99 Å². The summed E-state index contributed by atoms with van der Waals surface area (Å²) >= 11 is 0. The molecule has 1 amide bonds. The van der Waals surface area contributed by atoms with Gasteiger partial charge in [-0.3, -0.25) is 4.90 Å². The number of nitrogens with two attached hydrogens (primary N) is 2. The molecule has 180 valence electrons. The van der Waals surface area contributed by atoms with E-state index in [0.29, 0.717) is 37.6 Å². The van der Waals surface area contributed by atoms with Crippen LogP contribution in [-0.2, 0) is 4.74 Å². The van der Waals surface area contributed by atoms with Gasteiger partial charge >= 0.3 is 6.09 Å². The van der Waals surface area contributed by atoms with Crippen molar-refractivity contribution in [1.82, 2.24) is 4.90 Å². The standard InChI is InChI=1S/C23H34FN7O2/c1-22(2,3)33-21(32)30-14-12-29(13-15-30)17-9-7-8-16(24)18(17)31-20(26)27-19(25)28-23(31)10-5-4-6-11-23/h7-9H,4-6,10-15H2,1-3H3,(H4,25,26,27,28). The van der Waals surface area contributed by atoms with Crippen LogP contribution in [0.25, 0.3) is 0 Å². The number of amides is 1. The van der Waals surface area contributed by atoms with E-state index in [0.717, 1.165) is 32.1 Å². The fourth-order valence-electron chi connectivity index (χ4n) is 4.88. The summed E-state index contributed by atoms with van der Waals surface area (Å²) in [4.78, 5) is 26.8. The van der Waals surface area contributed by atoms with Crippen LogP contribution in [0.3, 0.4) is 0 Å². The van der Waals surface area contributed by atoms with Crippen molar-refractivity contribution < 1.29 is 13.9 Å². The molecule has 4 N–H and O–H groups in total. The van der Waals surface area contributed by atoms with Gasteiger partial charge in [0.1, 0.15) is 22.8 Å². The van der Waals surface area contributed by atoms with E-state index >= 15 is 4.39 Å². The molecular weight excluding hydrogens is 425 g/mol. The summed E-state index contributed by atoms with van der Waals surface area (Å²) in [7, 11) is 0. The molecule has 4 rings (SSSR count). The van der Waals surface area contributed by atoms with Crippen LogP contribution in [0.15, 0.2) is 28.2 Å². The van der Waals surface area contributed by atoms with Gasteiger partial charge in [-0.1, -0.05) is 12.5 Å². The molecule has 1 saturated heterocycles. The van der Waals surface area contributed by atoms with Gasteiger partial charge in [-0.25, -0.2) is 14.2 Å². The predicted molar refractivity (Wildman–Crippen MR) is 128 cm³/mol. The molecule has 1 aliphatic carbocycles. The van der Waals surface area contributed by atoms with Crippen molar-refractivity contribution in [2.45, 2.75) is 64.1 Å². The minimum Gasteiger partial charge on any atom is -0.444 e. The van der Waals surface area contributed by atoms with Gasteiger partial charge in [-0.15, -0.1) is 0 Å². The lowest BCUT2D eigenvalue weighted by Crippen LogP contribution is -2.59. The third kappa shape index (κ3) is 4.69. The highest BCUT2D eigenvalue weighted by Gasteiger charge is 2.45. The smallest absolute Gasteiger partial charge is 0.410 e. The Labute approximate surface area is 194 Å². The molecule has 9 nitrogen and oxygen atoms in total. The molecule has 2 aliphatic heterocycles. The third-order valence-electron chi connectivity index (χ3n) is 6.31. The maximum Gasteiger partial charge on any atom is 0.410 e. The second kappa shape index (κ2) is 8.72. The molecule has 0 radical (unpaired) electrons. The normalized spacial score (nSPS) is 21.0. The number of hydrogen-bond acceptors (Lipinski definition) is 8. The number of para-hydroxylation sites is 1. The molecule has 1 aromatic carbocycles. The Hall–Kier alpha value is -3.04. The van der Waals surface area contributed by atoms with Gasteiger partial charge < -0.3 is 26.0 Å². The molecule has 1 aromatic rings. The van der Waals surface area contributed by atoms with E-state index < -0.39 is 11.3 Å². The number of rotatable bonds is 2. The van der Waals surface area contributed by atoms with Crippen LogP contribution in [0.2, 0.25) is 0 Å². The molecule has 2 heterocycles. The Kier molecular flexibility index (Phi) is 6.11. The first-order chi connectivity index (χ1) is 15.6. The molecule has 0 atom stereocenters. The highest BCUT2D eigenvalue weighted by Crippen LogP contribution is 2.44. The zero-order chi connectivity index (χ0) is 23.8. The fraction of sp³-hybridized carbons (Fsp3) is 0.609. The van der Waals surface area contributed by atoms with Crippen LogP contribution in [0.4, 0.5) is 20.6 Å². The summed E-state index contributed by atoms with van der Waals surface area (Å²) in [6.45, 7) is 7.58. The van der Waals surface area contributed by atoms with Crippen molar-refractivity contribution in [3.63, 3.8) is 0 Å². The summed E-state index contributed by atoms with van der Waals surface area (Å²) < 4.78 is 20.9. The van der Waals surface area contributed by atoms with Crippen LogP contribution in [0.5, 0.6) is 0 Å². The van der Waals surface area contributed by atoms with Gasteiger partial charge in [0, 0.05) is 26.2 Å². The lowest BCUT2D eigenvalue weighted by Gasteiger charge is -2.47. The summed E-state index contributed by atoms with van der Waals surface area (Å²) in [5.74, 6) is -0.0986.